The molecule has 1 fully saturated rings. The summed E-state index contributed by atoms with van der Waals surface area (Å²) >= 11 is 12.2. The lowest BCUT2D eigenvalue weighted by Crippen LogP contribution is -2.11. The summed E-state index contributed by atoms with van der Waals surface area (Å²) in [6.45, 7) is 3.81. The van der Waals surface area contributed by atoms with Crippen molar-refractivity contribution in [1.29, 1.82) is 0 Å². The predicted octanol–water partition coefficient (Wildman–Crippen LogP) is 3.82. The maximum absolute atomic E-state index is 6.10. The number of rotatable bonds is 1. The van der Waals surface area contributed by atoms with Crippen LogP contribution in [0.4, 0.5) is 0 Å². The lowest BCUT2D eigenvalue weighted by atomic mass is 10.1. The second-order valence-corrected chi connectivity index (χ2v) is 4.42. The van der Waals surface area contributed by atoms with Crippen molar-refractivity contribution in [1.82, 2.24) is 0 Å². The van der Waals surface area contributed by atoms with E-state index in [1.54, 1.807) is 0 Å². The Bertz CT molecular complexity index is 347. The standard InChI is InChI=1S/C11H12Cl2O2/c1-6-11(15-7(2)14-6)10-8(12)4-3-5-9(10)13/h3-7,11H,1-2H3/t6-,7?,11+/m0/s1. The van der Waals surface area contributed by atoms with Gasteiger partial charge in [0.1, 0.15) is 6.10 Å². The summed E-state index contributed by atoms with van der Waals surface area (Å²) in [5.74, 6) is 0. The molecule has 82 valence electrons. The monoisotopic (exact) mass is 246 g/mol. The molecule has 4 heteroatoms. The zero-order valence-corrected chi connectivity index (χ0v) is 10.0. The normalized spacial score (nSPS) is 30.8. The first-order valence-electron chi connectivity index (χ1n) is 4.84. The van der Waals surface area contributed by atoms with Gasteiger partial charge in [-0.05, 0) is 26.0 Å². The minimum absolute atomic E-state index is 0.0302. The van der Waals surface area contributed by atoms with Gasteiger partial charge in [-0.15, -0.1) is 0 Å². The number of ether oxygens (including phenoxy) is 2. The van der Waals surface area contributed by atoms with Crippen LogP contribution in [0.15, 0.2) is 18.2 Å². The van der Waals surface area contributed by atoms with Gasteiger partial charge in [-0.1, -0.05) is 29.3 Å². The Hall–Kier alpha value is -0.280. The Kier molecular flexibility index (Phi) is 3.21. The van der Waals surface area contributed by atoms with Gasteiger partial charge in [-0.2, -0.15) is 0 Å². The minimum atomic E-state index is -0.211. The molecular formula is C11H12Cl2O2. The average Bonchev–Trinajstić information content (AvgIpc) is 2.45. The number of hydrogen-bond donors (Lipinski definition) is 0. The first kappa shape index (κ1) is 11.2. The van der Waals surface area contributed by atoms with Crippen LogP contribution < -0.4 is 0 Å². The minimum Gasteiger partial charge on any atom is -0.347 e. The maximum atomic E-state index is 6.10. The molecule has 1 aromatic carbocycles. The van der Waals surface area contributed by atoms with Gasteiger partial charge >= 0.3 is 0 Å². The Balaban J connectivity index is 2.37. The molecule has 1 aliphatic rings. The van der Waals surface area contributed by atoms with Gasteiger partial charge in [-0.25, -0.2) is 0 Å². The topological polar surface area (TPSA) is 18.5 Å². The van der Waals surface area contributed by atoms with E-state index >= 15 is 0 Å². The zero-order valence-electron chi connectivity index (χ0n) is 8.54. The van der Waals surface area contributed by atoms with Crippen LogP contribution in [-0.2, 0) is 9.47 Å². The van der Waals surface area contributed by atoms with Gasteiger partial charge in [0.25, 0.3) is 0 Å². The molecular weight excluding hydrogens is 235 g/mol. The van der Waals surface area contributed by atoms with Crippen molar-refractivity contribution >= 4 is 23.2 Å². The van der Waals surface area contributed by atoms with E-state index in [-0.39, 0.29) is 18.5 Å². The van der Waals surface area contributed by atoms with Gasteiger partial charge < -0.3 is 9.47 Å². The molecule has 0 radical (unpaired) electrons. The summed E-state index contributed by atoms with van der Waals surface area (Å²) in [5, 5.41) is 1.24. The van der Waals surface area contributed by atoms with Crippen LogP contribution in [0.3, 0.4) is 0 Å². The summed E-state index contributed by atoms with van der Waals surface area (Å²) in [6.07, 6.45) is -0.420. The molecule has 15 heavy (non-hydrogen) atoms. The fraction of sp³-hybridized carbons (Fsp3) is 0.455. The molecule has 0 N–H and O–H groups in total. The highest BCUT2D eigenvalue weighted by atomic mass is 35.5. The van der Waals surface area contributed by atoms with E-state index in [4.69, 9.17) is 32.7 Å². The third-order valence-electron chi connectivity index (χ3n) is 2.46. The van der Waals surface area contributed by atoms with Crippen LogP contribution in [0.2, 0.25) is 10.0 Å². The average molecular weight is 247 g/mol. The number of benzene rings is 1. The lowest BCUT2D eigenvalue weighted by Gasteiger charge is -2.16. The summed E-state index contributed by atoms with van der Waals surface area (Å²) in [7, 11) is 0. The first-order valence-corrected chi connectivity index (χ1v) is 5.60. The van der Waals surface area contributed by atoms with Crippen molar-refractivity contribution in [2.24, 2.45) is 0 Å². The molecule has 0 aliphatic carbocycles. The third-order valence-corrected chi connectivity index (χ3v) is 3.11. The second-order valence-electron chi connectivity index (χ2n) is 3.60. The van der Waals surface area contributed by atoms with Crippen LogP contribution in [0, 0.1) is 0 Å². The maximum Gasteiger partial charge on any atom is 0.156 e. The molecule has 0 spiro atoms. The highest BCUT2D eigenvalue weighted by Gasteiger charge is 2.34. The second kappa shape index (κ2) is 4.30. The van der Waals surface area contributed by atoms with E-state index in [1.165, 1.54) is 0 Å². The van der Waals surface area contributed by atoms with E-state index in [1.807, 2.05) is 32.0 Å². The Labute approximate surface area is 99.1 Å². The van der Waals surface area contributed by atoms with Gasteiger partial charge in [-0.3, -0.25) is 0 Å². The Morgan fingerprint density at radius 1 is 1.07 bits per heavy atom. The molecule has 1 heterocycles. The molecule has 0 aromatic heterocycles. The van der Waals surface area contributed by atoms with Crippen LogP contribution in [0.5, 0.6) is 0 Å². The highest BCUT2D eigenvalue weighted by Crippen LogP contribution is 2.39. The predicted molar refractivity (Wildman–Crippen MR) is 60.3 cm³/mol. The summed E-state index contributed by atoms with van der Waals surface area (Å²) in [6, 6.07) is 5.43. The molecule has 0 bridgehead atoms. The largest absolute Gasteiger partial charge is 0.347 e. The lowest BCUT2D eigenvalue weighted by molar-refractivity contribution is -0.0494. The smallest absolute Gasteiger partial charge is 0.156 e. The van der Waals surface area contributed by atoms with E-state index in [0.29, 0.717) is 10.0 Å². The van der Waals surface area contributed by atoms with Crippen molar-refractivity contribution in [3.8, 4) is 0 Å². The van der Waals surface area contributed by atoms with Crippen LogP contribution in [0.25, 0.3) is 0 Å². The van der Waals surface area contributed by atoms with Crippen LogP contribution >= 0.6 is 23.2 Å². The summed E-state index contributed by atoms with van der Waals surface area (Å²) < 4.78 is 11.1. The molecule has 1 aromatic rings. The van der Waals surface area contributed by atoms with Gasteiger partial charge in [0.05, 0.1) is 6.10 Å². The molecule has 1 saturated heterocycles. The van der Waals surface area contributed by atoms with Gasteiger partial charge in [0, 0.05) is 15.6 Å². The summed E-state index contributed by atoms with van der Waals surface area (Å²) in [4.78, 5) is 0. The van der Waals surface area contributed by atoms with Crippen molar-refractivity contribution in [2.75, 3.05) is 0 Å². The van der Waals surface area contributed by atoms with E-state index in [9.17, 15) is 0 Å². The van der Waals surface area contributed by atoms with Crippen molar-refractivity contribution in [2.45, 2.75) is 32.3 Å². The van der Waals surface area contributed by atoms with Gasteiger partial charge in [0.15, 0.2) is 6.29 Å². The first-order chi connectivity index (χ1) is 7.09. The molecule has 2 nitrogen and oxygen atoms in total. The number of halogens is 2. The van der Waals surface area contributed by atoms with E-state index in [2.05, 4.69) is 0 Å². The molecule has 1 unspecified atom stereocenters. The third kappa shape index (κ3) is 2.13. The van der Waals surface area contributed by atoms with Gasteiger partial charge in [0.2, 0.25) is 0 Å². The fourth-order valence-electron chi connectivity index (χ4n) is 1.81. The molecule has 0 amide bonds. The Morgan fingerprint density at radius 3 is 2.13 bits per heavy atom. The van der Waals surface area contributed by atoms with Crippen LogP contribution in [0.1, 0.15) is 25.5 Å². The summed E-state index contributed by atoms with van der Waals surface area (Å²) in [5.41, 5.74) is 0.817. The quantitative estimate of drug-likeness (QED) is 0.751. The molecule has 0 saturated carbocycles. The van der Waals surface area contributed by atoms with E-state index < -0.39 is 0 Å². The van der Waals surface area contributed by atoms with Crippen molar-refractivity contribution < 1.29 is 9.47 Å². The SMILES string of the molecule is CC1O[C@@H](C)[C@H](c2c(Cl)cccc2Cl)O1. The van der Waals surface area contributed by atoms with Crippen molar-refractivity contribution in [3.63, 3.8) is 0 Å². The van der Waals surface area contributed by atoms with Crippen LogP contribution in [-0.4, -0.2) is 12.4 Å². The van der Waals surface area contributed by atoms with E-state index in [0.717, 1.165) is 5.56 Å². The highest BCUT2D eigenvalue weighted by molar-refractivity contribution is 6.36. The fourth-order valence-corrected chi connectivity index (χ4v) is 2.42. The molecule has 1 aliphatic heterocycles. The number of hydrogen-bond acceptors (Lipinski definition) is 2. The Morgan fingerprint density at radius 2 is 1.67 bits per heavy atom. The zero-order chi connectivity index (χ0) is 11.0. The molecule has 2 rings (SSSR count). The van der Waals surface area contributed by atoms with Crippen molar-refractivity contribution in [3.05, 3.63) is 33.8 Å². The molecule has 3 atom stereocenters.